The summed E-state index contributed by atoms with van der Waals surface area (Å²) in [4.78, 5) is 38.1. The highest BCUT2D eigenvalue weighted by molar-refractivity contribution is 5.71. The van der Waals surface area contributed by atoms with Crippen molar-refractivity contribution < 1.29 is 28.6 Å². The third-order valence-corrected chi connectivity index (χ3v) is 11.1. The summed E-state index contributed by atoms with van der Waals surface area (Å²) in [6.07, 6.45) is 78.6. The molecule has 0 saturated heterocycles. The molecule has 0 saturated carbocycles. The lowest BCUT2D eigenvalue weighted by atomic mass is 10.1. The zero-order valence-electron chi connectivity index (χ0n) is 44.3. The fourth-order valence-electron chi connectivity index (χ4n) is 6.96. The Morgan fingerprint density at radius 1 is 0.304 bits per heavy atom. The summed E-state index contributed by atoms with van der Waals surface area (Å²) in [6.45, 7) is 6.37. The van der Waals surface area contributed by atoms with Crippen molar-refractivity contribution >= 4 is 17.9 Å². The van der Waals surface area contributed by atoms with Crippen LogP contribution < -0.4 is 0 Å². The minimum atomic E-state index is -0.832. The third-order valence-electron chi connectivity index (χ3n) is 11.1. The molecule has 0 spiro atoms. The molecule has 0 fully saturated rings. The second kappa shape index (κ2) is 56.1. The number of rotatable bonds is 48. The molecule has 0 aromatic carbocycles. The van der Waals surface area contributed by atoms with Gasteiger partial charge >= 0.3 is 17.9 Å². The Kier molecular flexibility index (Phi) is 52.5. The van der Waals surface area contributed by atoms with Gasteiger partial charge in [0.25, 0.3) is 0 Å². The zero-order valence-corrected chi connectivity index (χ0v) is 44.3. The summed E-state index contributed by atoms with van der Waals surface area (Å²) < 4.78 is 16.8. The predicted molar refractivity (Wildman–Crippen MR) is 297 cm³/mol. The average molecular weight is 953 g/mol. The third kappa shape index (κ3) is 54.4. The molecule has 0 amide bonds. The van der Waals surface area contributed by atoms with E-state index in [-0.39, 0.29) is 37.5 Å². The minimum Gasteiger partial charge on any atom is -0.462 e. The van der Waals surface area contributed by atoms with Crippen LogP contribution in [0.15, 0.2) is 134 Å². The van der Waals surface area contributed by atoms with E-state index in [1.165, 1.54) is 51.4 Å². The van der Waals surface area contributed by atoms with E-state index < -0.39 is 6.10 Å². The molecule has 0 aromatic rings. The summed E-state index contributed by atoms with van der Waals surface area (Å²) in [5, 5.41) is 0. The van der Waals surface area contributed by atoms with E-state index in [0.717, 1.165) is 128 Å². The quantitative estimate of drug-likeness (QED) is 0.0262. The summed E-state index contributed by atoms with van der Waals surface area (Å²) in [7, 11) is 0. The van der Waals surface area contributed by atoms with E-state index >= 15 is 0 Å². The Morgan fingerprint density at radius 3 is 0.913 bits per heavy atom. The van der Waals surface area contributed by atoms with Crippen molar-refractivity contribution in [3.63, 3.8) is 0 Å². The minimum absolute atomic E-state index is 0.124. The highest BCUT2D eigenvalue weighted by atomic mass is 16.6. The molecule has 388 valence electrons. The van der Waals surface area contributed by atoms with Gasteiger partial charge in [-0.05, 0) is 135 Å². The van der Waals surface area contributed by atoms with E-state index in [4.69, 9.17) is 14.2 Å². The van der Waals surface area contributed by atoms with Gasteiger partial charge in [-0.2, -0.15) is 0 Å². The number of unbranched alkanes of at least 4 members (excludes halogenated alkanes) is 15. The van der Waals surface area contributed by atoms with E-state index in [1.807, 2.05) is 0 Å². The molecule has 0 atom stereocenters. The Labute approximate surface area is 424 Å². The van der Waals surface area contributed by atoms with Gasteiger partial charge in [-0.25, -0.2) is 0 Å². The van der Waals surface area contributed by atoms with Crippen LogP contribution in [0, 0.1) is 0 Å². The Hall–Kier alpha value is -4.45. The number of allylic oxidation sites excluding steroid dienone is 22. The smallest absolute Gasteiger partial charge is 0.306 e. The van der Waals surface area contributed by atoms with Crippen LogP contribution in [0.4, 0.5) is 0 Å². The monoisotopic (exact) mass is 953 g/mol. The first-order valence-corrected chi connectivity index (χ1v) is 27.7. The summed E-state index contributed by atoms with van der Waals surface area (Å²) in [5.41, 5.74) is 0. The van der Waals surface area contributed by atoms with E-state index in [1.54, 1.807) is 0 Å². The SMILES string of the molecule is CCC=CCC=CCC=CCC=CCC=CCCCC(=O)OC(COC(=O)CCCCCCC=CCC=CCC=CCCCCC)COC(=O)CCCCCCC=CCC=CCC=CCCCCC. The molecular formula is C63H100O6. The molecule has 0 aliphatic rings. The van der Waals surface area contributed by atoms with Gasteiger partial charge in [0, 0.05) is 19.3 Å². The van der Waals surface area contributed by atoms with Crippen molar-refractivity contribution in [1.29, 1.82) is 0 Å². The normalized spacial score (nSPS) is 13.1. The summed E-state index contributed by atoms with van der Waals surface area (Å²) in [6, 6.07) is 0. The van der Waals surface area contributed by atoms with Crippen molar-refractivity contribution in [2.45, 2.75) is 232 Å². The molecule has 69 heavy (non-hydrogen) atoms. The Morgan fingerprint density at radius 2 is 0.580 bits per heavy atom. The zero-order chi connectivity index (χ0) is 50.0. The first kappa shape index (κ1) is 64.5. The van der Waals surface area contributed by atoms with Gasteiger partial charge in [-0.15, -0.1) is 0 Å². The number of hydrogen-bond acceptors (Lipinski definition) is 6. The van der Waals surface area contributed by atoms with Gasteiger partial charge in [0.05, 0.1) is 0 Å². The van der Waals surface area contributed by atoms with Crippen molar-refractivity contribution in [3.8, 4) is 0 Å². The number of ether oxygens (including phenoxy) is 3. The molecule has 0 heterocycles. The molecule has 0 N–H and O–H groups in total. The van der Waals surface area contributed by atoms with Crippen LogP contribution in [0.5, 0.6) is 0 Å². The first-order valence-electron chi connectivity index (χ1n) is 27.7. The van der Waals surface area contributed by atoms with Gasteiger partial charge in [-0.1, -0.05) is 206 Å². The van der Waals surface area contributed by atoms with Crippen molar-refractivity contribution in [2.75, 3.05) is 13.2 Å². The highest BCUT2D eigenvalue weighted by Gasteiger charge is 2.19. The summed E-state index contributed by atoms with van der Waals surface area (Å²) in [5.74, 6) is -1.03. The van der Waals surface area contributed by atoms with Crippen LogP contribution in [-0.4, -0.2) is 37.2 Å². The maximum atomic E-state index is 12.8. The van der Waals surface area contributed by atoms with E-state index in [9.17, 15) is 14.4 Å². The number of carbonyl (C=O) groups excluding carboxylic acids is 3. The molecule has 0 bridgehead atoms. The second-order valence-electron chi connectivity index (χ2n) is 17.7. The van der Waals surface area contributed by atoms with Gasteiger partial charge in [0.2, 0.25) is 0 Å². The van der Waals surface area contributed by atoms with Crippen LogP contribution in [0.2, 0.25) is 0 Å². The van der Waals surface area contributed by atoms with Crippen molar-refractivity contribution in [1.82, 2.24) is 0 Å². The largest absolute Gasteiger partial charge is 0.462 e. The van der Waals surface area contributed by atoms with Crippen LogP contribution in [0.25, 0.3) is 0 Å². The topological polar surface area (TPSA) is 78.9 Å². The lowest BCUT2D eigenvalue weighted by molar-refractivity contribution is -0.167. The fourth-order valence-corrected chi connectivity index (χ4v) is 6.96. The van der Waals surface area contributed by atoms with Crippen molar-refractivity contribution in [3.05, 3.63) is 134 Å². The molecule has 0 unspecified atom stereocenters. The maximum absolute atomic E-state index is 12.8. The molecule has 0 rings (SSSR count). The Balaban J connectivity index is 4.59. The van der Waals surface area contributed by atoms with Crippen LogP contribution >= 0.6 is 0 Å². The van der Waals surface area contributed by atoms with Crippen LogP contribution in [0.1, 0.15) is 226 Å². The van der Waals surface area contributed by atoms with Gasteiger partial charge < -0.3 is 14.2 Å². The molecule has 6 nitrogen and oxygen atoms in total. The van der Waals surface area contributed by atoms with Crippen molar-refractivity contribution in [2.24, 2.45) is 0 Å². The van der Waals surface area contributed by atoms with Gasteiger partial charge in [0.1, 0.15) is 13.2 Å². The molecule has 6 heteroatoms. The molecule has 0 aliphatic heterocycles. The van der Waals surface area contributed by atoms with Gasteiger partial charge in [0.15, 0.2) is 6.10 Å². The second-order valence-corrected chi connectivity index (χ2v) is 17.7. The van der Waals surface area contributed by atoms with E-state index in [0.29, 0.717) is 19.3 Å². The van der Waals surface area contributed by atoms with Crippen LogP contribution in [-0.2, 0) is 28.6 Å². The summed E-state index contributed by atoms with van der Waals surface area (Å²) >= 11 is 0. The fraction of sp³-hybridized carbons (Fsp3) is 0.603. The standard InChI is InChI=1S/C63H100O6/c1-4-7-10-13-16-19-22-25-28-31-34-37-40-43-46-49-52-55-61(64)67-58-60(69-63(66)57-54-51-48-45-42-39-36-33-30-27-24-21-18-15-12-9-6-3)59-68-62(65)56-53-50-47-44-41-38-35-32-29-26-23-20-17-14-11-8-5-2/h9,12,16-21,25-30,34-39,45,48,60H,4-8,10-11,13-15,22-24,31-33,40-44,46-47,49-59H2,1-3H3. The maximum Gasteiger partial charge on any atom is 0.306 e. The number of esters is 3. The predicted octanol–water partition coefficient (Wildman–Crippen LogP) is 18.6. The van der Waals surface area contributed by atoms with Gasteiger partial charge in [-0.3, -0.25) is 14.4 Å². The number of carbonyl (C=O) groups is 3. The molecule has 0 aliphatic carbocycles. The highest BCUT2D eigenvalue weighted by Crippen LogP contribution is 2.11. The average Bonchev–Trinajstić information content (AvgIpc) is 3.35. The molecule has 0 radical (unpaired) electrons. The van der Waals surface area contributed by atoms with Crippen LogP contribution in [0.3, 0.4) is 0 Å². The lowest BCUT2D eigenvalue weighted by Gasteiger charge is -2.18. The molecule has 0 aromatic heterocycles. The van der Waals surface area contributed by atoms with E-state index in [2.05, 4.69) is 154 Å². The molecular weight excluding hydrogens is 853 g/mol. The Bertz CT molecular complexity index is 1440. The number of hydrogen-bond donors (Lipinski definition) is 0. The first-order chi connectivity index (χ1) is 34.0. The lowest BCUT2D eigenvalue weighted by Crippen LogP contribution is -2.30.